The zero-order chi connectivity index (χ0) is 16.2. The van der Waals surface area contributed by atoms with Gasteiger partial charge in [-0.2, -0.15) is 0 Å². The molecule has 1 saturated heterocycles. The van der Waals surface area contributed by atoms with Gasteiger partial charge < -0.3 is 19.7 Å². The van der Waals surface area contributed by atoms with E-state index in [1.54, 1.807) is 41.3 Å². The first-order valence-corrected chi connectivity index (χ1v) is 8.06. The van der Waals surface area contributed by atoms with Crippen LogP contribution in [0.15, 0.2) is 47.1 Å². The number of furan rings is 1. The lowest BCUT2D eigenvalue weighted by Crippen LogP contribution is -2.39. The molecule has 0 radical (unpaired) electrons. The molecule has 0 bridgehead atoms. The zero-order valence-corrected chi connectivity index (χ0v) is 13.4. The summed E-state index contributed by atoms with van der Waals surface area (Å²) in [5, 5.41) is 13.7. The van der Waals surface area contributed by atoms with Crippen LogP contribution in [0.2, 0.25) is 5.02 Å². The number of hydrogen-bond acceptors (Lipinski definition) is 3. The minimum atomic E-state index is -0.695. The first kappa shape index (κ1) is 15.9. The van der Waals surface area contributed by atoms with Crippen molar-refractivity contribution in [2.75, 3.05) is 11.9 Å². The van der Waals surface area contributed by atoms with Crippen LogP contribution >= 0.6 is 11.6 Å². The Morgan fingerprint density at radius 2 is 2.17 bits per heavy atom. The van der Waals surface area contributed by atoms with Crippen LogP contribution in [0.4, 0.5) is 10.5 Å². The van der Waals surface area contributed by atoms with Gasteiger partial charge in [-0.15, -0.1) is 0 Å². The summed E-state index contributed by atoms with van der Waals surface area (Å²) in [6, 6.07) is 10.4. The van der Waals surface area contributed by atoms with Crippen LogP contribution in [-0.2, 0) is 0 Å². The highest BCUT2D eigenvalue weighted by molar-refractivity contribution is 6.30. The van der Waals surface area contributed by atoms with Crippen LogP contribution in [0.25, 0.3) is 0 Å². The third-order valence-electron chi connectivity index (χ3n) is 4.10. The van der Waals surface area contributed by atoms with Crippen LogP contribution in [-0.4, -0.2) is 28.6 Å². The number of nitrogens with zero attached hydrogens (tertiary/aromatic N) is 1. The largest absolute Gasteiger partial charge is 0.467 e. The summed E-state index contributed by atoms with van der Waals surface area (Å²) in [5.74, 6) is 0.537. The Morgan fingerprint density at radius 3 is 2.87 bits per heavy atom. The number of aliphatic hydroxyl groups excluding tert-OH is 1. The number of likely N-dealkylation sites (tertiary alicyclic amines) is 1. The Labute approximate surface area is 139 Å². The first-order chi connectivity index (χ1) is 11.1. The molecule has 1 aromatic heterocycles. The topological polar surface area (TPSA) is 65.7 Å². The minimum Gasteiger partial charge on any atom is -0.467 e. The molecule has 23 heavy (non-hydrogen) atoms. The molecule has 2 heterocycles. The molecule has 122 valence electrons. The fourth-order valence-corrected chi connectivity index (χ4v) is 3.06. The van der Waals surface area contributed by atoms with Crippen LogP contribution in [0.1, 0.15) is 31.1 Å². The van der Waals surface area contributed by atoms with E-state index in [9.17, 15) is 9.90 Å². The maximum Gasteiger partial charge on any atom is 0.322 e. The van der Waals surface area contributed by atoms with Crippen molar-refractivity contribution in [3.05, 3.63) is 53.4 Å². The molecule has 2 amide bonds. The normalized spacial score (nSPS) is 18.9. The summed E-state index contributed by atoms with van der Waals surface area (Å²) in [6.07, 6.45) is 3.13. The van der Waals surface area contributed by atoms with Crippen molar-refractivity contribution in [1.82, 2.24) is 4.90 Å². The molecule has 2 aromatic rings. The van der Waals surface area contributed by atoms with Gasteiger partial charge >= 0.3 is 6.03 Å². The molecule has 1 aliphatic heterocycles. The van der Waals surface area contributed by atoms with Crippen molar-refractivity contribution in [3.63, 3.8) is 0 Å². The van der Waals surface area contributed by atoms with Gasteiger partial charge in [0.2, 0.25) is 0 Å². The van der Waals surface area contributed by atoms with Crippen LogP contribution < -0.4 is 5.32 Å². The van der Waals surface area contributed by atoms with Crippen LogP contribution in [0.3, 0.4) is 0 Å². The maximum atomic E-state index is 12.5. The number of halogens is 1. The number of carbonyl (C=O) groups is 1. The van der Waals surface area contributed by atoms with E-state index < -0.39 is 6.10 Å². The smallest absolute Gasteiger partial charge is 0.322 e. The Morgan fingerprint density at radius 1 is 1.39 bits per heavy atom. The SMILES string of the molecule is O=C(Nc1ccc(Cl)cc1)N1CCCC1CC(O)c1ccco1. The fraction of sp³-hybridized carbons (Fsp3) is 0.353. The third kappa shape index (κ3) is 3.86. The lowest BCUT2D eigenvalue weighted by atomic mass is 10.1. The molecular formula is C17H19ClN2O3. The molecule has 0 saturated carbocycles. The van der Waals surface area contributed by atoms with Crippen molar-refractivity contribution in [1.29, 1.82) is 0 Å². The van der Waals surface area contributed by atoms with Gasteiger partial charge in [0.15, 0.2) is 0 Å². The molecule has 1 aromatic carbocycles. The van der Waals surface area contributed by atoms with Gasteiger partial charge in [0.1, 0.15) is 11.9 Å². The molecule has 2 unspecified atom stereocenters. The highest BCUT2D eigenvalue weighted by atomic mass is 35.5. The first-order valence-electron chi connectivity index (χ1n) is 7.68. The van der Waals surface area contributed by atoms with Gasteiger partial charge in [0, 0.05) is 29.7 Å². The number of carbonyl (C=O) groups excluding carboxylic acids is 1. The van der Waals surface area contributed by atoms with Gasteiger partial charge in [-0.3, -0.25) is 0 Å². The highest BCUT2D eigenvalue weighted by Gasteiger charge is 2.31. The molecule has 1 fully saturated rings. The van der Waals surface area contributed by atoms with Crippen LogP contribution in [0, 0.1) is 0 Å². The van der Waals surface area contributed by atoms with E-state index in [0.717, 1.165) is 12.8 Å². The van der Waals surface area contributed by atoms with Gasteiger partial charge in [0.05, 0.1) is 6.26 Å². The number of urea groups is 1. The molecule has 1 aliphatic rings. The van der Waals surface area contributed by atoms with Crippen molar-refractivity contribution in [2.24, 2.45) is 0 Å². The second kappa shape index (κ2) is 7.06. The Bertz CT molecular complexity index is 642. The van der Waals surface area contributed by atoms with E-state index >= 15 is 0 Å². The standard InChI is InChI=1S/C17H19ClN2O3/c18-12-5-7-13(8-6-12)19-17(22)20-9-1-3-14(20)11-15(21)16-4-2-10-23-16/h2,4-8,10,14-15,21H,1,3,9,11H2,(H,19,22). The highest BCUT2D eigenvalue weighted by Crippen LogP contribution is 2.28. The Hall–Kier alpha value is -1.98. The van der Waals surface area contributed by atoms with Crippen molar-refractivity contribution in [2.45, 2.75) is 31.4 Å². The van der Waals surface area contributed by atoms with Crippen molar-refractivity contribution >= 4 is 23.3 Å². The molecule has 3 rings (SSSR count). The van der Waals surface area contributed by atoms with Gasteiger partial charge in [-0.25, -0.2) is 4.79 Å². The van der Waals surface area contributed by atoms with E-state index in [0.29, 0.717) is 29.4 Å². The fourth-order valence-electron chi connectivity index (χ4n) is 2.93. The van der Waals surface area contributed by atoms with E-state index in [1.165, 1.54) is 6.26 Å². The van der Waals surface area contributed by atoms with E-state index in [1.807, 2.05) is 0 Å². The average Bonchev–Trinajstić information content (AvgIpc) is 3.20. The number of anilines is 1. The lowest BCUT2D eigenvalue weighted by Gasteiger charge is -2.26. The molecular weight excluding hydrogens is 316 g/mol. The summed E-state index contributed by atoms with van der Waals surface area (Å²) in [5.41, 5.74) is 0.705. The molecule has 6 heteroatoms. The average molecular weight is 335 g/mol. The molecule has 0 aliphatic carbocycles. The molecule has 0 spiro atoms. The predicted octanol–water partition coefficient (Wildman–Crippen LogP) is 4.05. The summed E-state index contributed by atoms with van der Waals surface area (Å²) in [7, 11) is 0. The molecule has 2 atom stereocenters. The maximum absolute atomic E-state index is 12.5. The number of aliphatic hydroxyl groups is 1. The Balaban J connectivity index is 1.61. The second-order valence-corrected chi connectivity index (χ2v) is 6.13. The van der Waals surface area contributed by atoms with E-state index in [-0.39, 0.29) is 12.1 Å². The minimum absolute atomic E-state index is 0.00222. The number of nitrogens with one attached hydrogen (secondary N) is 1. The summed E-state index contributed by atoms with van der Waals surface area (Å²) in [6.45, 7) is 0.689. The zero-order valence-electron chi connectivity index (χ0n) is 12.6. The number of rotatable bonds is 4. The Kier molecular flexibility index (Phi) is 4.88. The van der Waals surface area contributed by atoms with Gasteiger partial charge in [0.25, 0.3) is 0 Å². The molecule has 2 N–H and O–H groups in total. The summed E-state index contributed by atoms with van der Waals surface area (Å²) in [4.78, 5) is 14.2. The number of hydrogen-bond donors (Lipinski definition) is 2. The summed E-state index contributed by atoms with van der Waals surface area (Å²) < 4.78 is 5.23. The number of benzene rings is 1. The monoisotopic (exact) mass is 334 g/mol. The molecule has 5 nitrogen and oxygen atoms in total. The van der Waals surface area contributed by atoms with Gasteiger partial charge in [-0.05, 0) is 49.2 Å². The van der Waals surface area contributed by atoms with Crippen LogP contribution in [0.5, 0.6) is 0 Å². The van der Waals surface area contributed by atoms with Crippen molar-refractivity contribution < 1.29 is 14.3 Å². The predicted molar refractivity (Wildman–Crippen MR) is 88.5 cm³/mol. The summed E-state index contributed by atoms with van der Waals surface area (Å²) >= 11 is 5.84. The van der Waals surface area contributed by atoms with E-state index in [4.69, 9.17) is 16.0 Å². The van der Waals surface area contributed by atoms with Crippen molar-refractivity contribution in [3.8, 4) is 0 Å². The lowest BCUT2D eigenvalue weighted by molar-refractivity contribution is 0.110. The number of amides is 2. The third-order valence-corrected chi connectivity index (χ3v) is 4.35. The quantitative estimate of drug-likeness (QED) is 0.886. The second-order valence-electron chi connectivity index (χ2n) is 5.69. The van der Waals surface area contributed by atoms with Gasteiger partial charge in [-0.1, -0.05) is 11.6 Å². The van der Waals surface area contributed by atoms with E-state index in [2.05, 4.69) is 5.32 Å².